The molecule has 4 nitrogen and oxygen atoms in total. The predicted octanol–water partition coefficient (Wildman–Crippen LogP) is 1.62. The van der Waals surface area contributed by atoms with Gasteiger partial charge in [-0.15, -0.1) is 0 Å². The zero-order valence-corrected chi connectivity index (χ0v) is 9.67. The highest BCUT2D eigenvalue weighted by atomic mass is 32.2. The van der Waals surface area contributed by atoms with Crippen molar-refractivity contribution in [2.45, 2.75) is 17.7 Å². The van der Waals surface area contributed by atoms with Gasteiger partial charge in [0.15, 0.2) is 11.0 Å². The number of thioether (sulfide) groups is 1. The Morgan fingerprint density at radius 3 is 3.06 bits per heavy atom. The number of nitrogens with zero attached hydrogens (tertiary/aromatic N) is 4. The molecule has 1 unspecified atom stereocenters. The largest absolute Gasteiger partial charge is 0.352 e. The van der Waals surface area contributed by atoms with Crippen LogP contribution in [0.4, 0.5) is 10.2 Å². The molecule has 0 aliphatic carbocycles. The van der Waals surface area contributed by atoms with Crippen LogP contribution in [0.15, 0.2) is 11.4 Å². The molecule has 1 fully saturated rings. The van der Waals surface area contributed by atoms with Crippen molar-refractivity contribution in [3.05, 3.63) is 11.8 Å². The third-order valence-electron chi connectivity index (χ3n) is 2.48. The van der Waals surface area contributed by atoms with E-state index in [-0.39, 0.29) is 0 Å². The van der Waals surface area contributed by atoms with Crippen LogP contribution in [0, 0.1) is 11.3 Å². The van der Waals surface area contributed by atoms with Crippen molar-refractivity contribution in [2.75, 3.05) is 24.2 Å². The fourth-order valence-corrected chi connectivity index (χ4v) is 2.02. The number of anilines is 1. The van der Waals surface area contributed by atoms with Gasteiger partial charge in [-0.3, -0.25) is 0 Å². The van der Waals surface area contributed by atoms with E-state index in [1.165, 1.54) is 18.0 Å². The normalized spacial score (nSPS) is 19.8. The van der Waals surface area contributed by atoms with Gasteiger partial charge in [-0.05, 0) is 12.7 Å². The minimum absolute atomic E-state index is 0.319. The second-order valence-electron chi connectivity index (χ2n) is 3.54. The van der Waals surface area contributed by atoms with Crippen molar-refractivity contribution in [3.63, 3.8) is 0 Å². The highest BCUT2D eigenvalue weighted by Crippen LogP contribution is 2.24. The average molecular weight is 238 g/mol. The molecule has 16 heavy (non-hydrogen) atoms. The molecule has 1 aliphatic rings. The molecule has 2 heterocycles. The Balaban J connectivity index is 2.34. The minimum Gasteiger partial charge on any atom is -0.352 e. The molecule has 0 saturated carbocycles. The van der Waals surface area contributed by atoms with Crippen LogP contribution >= 0.6 is 11.8 Å². The topological polar surface area (TPSA) is 52.8 Å². The SMILES string of the molecule is CSc1ncc(C#N)c(N2CCC(F)C2)n1. The number of hydrogen-bond acceptors (Lipinski definition) is 5. The van der Waals surface area contributed by atoms with E-state index in [0.717, 1.165) is 0 Å². The maximum Gasteiger partial charge on any atom is 0.189 e. The number of rotatable bonds is 2. The molecule has 0 aromatic carbocycles. The Labute approximate surface area is 97.5 Å². The predicted molar refractivity (Wildman–Crippen MR) is 60.3 cm³/mol. The molecule has 0 bridgehead atoms. The molecule has 84 valence electrons. The monoisotopic (exact) mass is 238 g/mol. The molecule has 0 N–H and O–H groups in total. The van der Waals surface area contributed by atoms with Crippen LogP contribution in [0.5, 0.6) is 0 Å². The standard InChI is InChI=1S/C10H11FN4S/c1-16-10-13-5-7(4-12)9(14-10)15-3-2-8(11)6-15/h5,8H,2-3,6H2,1H3. The van der Waals surface area contributed by atoms with Gasteiger partial charge >= 0.3 is 0 Å². The Bertz CT molecular complexity index is 431. The Kier molecular flexibility index (Phi) is 3.25. The number of aromatic nitrogens is 2. The van der Waals surface area contributed by atoms with Gasteiger partial charge in [0.05, 0.1) is 12.7 Å². The van der Waals surface area contributed by atoms with Crippen LogP contribution in [0.1, 0.15) is 12.0 Å². The van der Waals surface area contributed by atoms with Crippen molar-refractivity contribution in [1.29, 1.82) is 5.26 Å². The Hall–Kier alpha value is -1.35. The summed E-state index contributed by atoms with van der Waals surface area (Å²) < 4.78 is 13.1. The van der Waals surface area contributed by atoms with E-state index < -0.39 is 6.17 Å². The molecule has 0 amide bonds. The zero-order chi connectivity index (χ0) is 11.5. The lowest BCUT2D eigenvalue weighted by Gasteiger charge is -2.17. The van der Waals surface area contributed by atoms with Gasteiger partial charge in [-0.1, -0.05) is 11.8 Å². The van der Waals surface area contributed by atoms with Gasteiger partial charge in [0.2, 0.25) is 0 Å². The summed E-state index contributed by atoms with van der Waals surface area (Å²) in [7, 11) is 0. The maximum atomic E-state index is 13.1. The molecule has 1 aromatic rings. The van der Waals surface area contributed by atoms with Crippen LogP contribution in [0.25, 0.3) is 0 Å². The minimum atomic E-state index is -0.820. The molecule has 0 radical (unpaired) electrons. The third-order valence-corrected chi connectivity index (χ3v) is 3.04. The van der Waals surface area contributed by atoms with Gasteiger partial charge in [-0.2, -0.15) is 5.26 Å². The molecule has 2 rings (SSSR count). The Morgan fingerprint density at radius 1 is 1.69 bits per heavy atom. The molecular formula is C10H11FN4S. The highest BCUT2D eigenvalue weighted by molar-refractivity contribution is 7.98. The number of nitriles is 1. The summed E-state index contributed by atoms with van der Waals surface area (Å²) in [6, 6.07) is 2.04. The molecule has 1 aromatic heterocycles. The lowest BCUT2D eigenvalue weighted by atomic mass is 10.3. The van der Waals surface area contributed by atoms with Crippen LogP contribution in [0.2, 0.25) is 0 Å². The van der Waals surface area contributed by atoms with E-state index in [0.29, 0.717) is 36.0 Å². The molecular weight excluding hydrogens is 227 g/mol. The lowest BCUT2D eigenvalue weighted by molar-refractivity contribution is 0.364. The Morgan fingerprint density at radius 2 is 2.50 bits per heavy atom. The van der Waals surface area contributed by atoms with Gasteiger partial charge < -0.3 is 4.90 Å². The summed E-state index contributed by atoms with van der Waals surface area (Å²) in [5.41, 5.74) is 0.409. The van der Waals surface area contributed by atoms with Crippen molar-refractivity contribution in [2.24, 2.45) is 0 Å². The van der Waals surface area contributed by atoms with E-state index in [2.05, 4.69) is 9.97 Å². The smallest absolute Gasteiger partial charge is 0.189 e. The quantitative estimate of drug-likeness (QED) is 0.579. The second kappa shape index (κ2) is 4.66. The number of hydrogen-bond donors (Lipinski definition) is 0. The van der Waals surface area contributed by atoms with Gasteiger partial charge in [0, 0.05) is 6.54 Å². The van der Waals surface area contributed by atoms with Crippen LogP contribution in [-0.2, 0) is 0 Å². The van der Waals surface area contributed by atoms with Gasteiger partial charge in [0.1, 0.15) is 17.8 Å². The van der Waals surface area contributed by atoms with Crippen LogP contribution < -0.4 is 4.90 Å². The van der Waals surface area contributed by atoms with E-state index in [1.54, 1.807) is 0 Å². The highest BCUT2D eigenvalue weighted by Gasteiger charge is 2.25. The fourth-order valence-electron chi connectivity index (χ4n) is 1.69. The van der Waals surface area contributed by atoms with Crippen molar-refractivity contribution in [3.8, 4) is 6.07 Å². The van der Waals surface area contributed by atoms with Gasteiger partial charge in [0.25, 0.3) is 0 Å². The summed E-state index contributed by atoms with van der Waals surface area (Å²) >= 11 is 1.41. The second-order valence-corrected chi connectivity index (χ2v) is 4.31. The van der Waals surface area contributed by atoms with Crippen molar-refractivity contribution in [1.82, 2.24) is 9.97 Å². The van der Waals surface area contributed by atoms with Gasteiger partial charge in [-0.25, -0.2) is 14.4 Å². The van der Waals surface area contributed by atoms with Crippen LogP contribution in [0.3, 0.4) is 0 Å². The summed E-state index contributed by atoms with van der Waals surface area (Å²) in [6.45, 7) is 0.931. The van der Waals surface area contributed by atoms with Crippen molar-refractivity contribution < 1.29 is 4.39 Å². The van der Waals surface area contributed by atoms with E-state index in [9.17, 15) is 4.39 Å². The lowest BCUT2D eigenvalue weighted by Crippen LogP contribution is -2.22. The first kappa shape index (κ1) is 11.1. The fraction of sp³-hybridized carbons (Fsp3) is 0.500. The summed E-state index contributed by atoms with van der Waals surface area (Å²) in [4.78, 5) is 10.1. The first-order valence-corrected chi connectivity index (χ1v) is 6.17. The molecule has 1 saturated heterocycles. The van der Waals surface area contributed by atoms with E-state index in [4.69, 9.17) is 5.26 Å². The van der Waals surface area contributed by atoms with Crippen molar-refractivity contribution >= 4 is 17.6 Å². The molecule has 0 spiro atoms. The van der Waals surface area contributed by atoms with Crippen LogP contribution in [-0.4, -0.2) is 35.5 Å². The zero-order valence-electron chi connectivity index (χ0n) is 8.85. The maximum absolute atomic E-state index is 13.1. The average Bonchev–Trinajstić information content (AvgIpc) is 2.75. The molecule has 1 aliphatic heterocycles. The first-order valence-electron chi connectivity index (χ1n) is 4.94. The summed E-state index contributed by atoms with van der Waals surface area (Å²) in [5.74, 6) is 0.557. The first-order chi connectivity index (χ1) is 7.74. The number of halogens is 1. The third kappa shape index (κ3) is 2.09. The molecule has 1 atom stereocenters. The summed E-state index contributed by atoms with van der Waals surface area (Å²) in [5, 5.41) is 9.56. The van der Waals surface area contributed by atoms with E-state index in [1.807, 2.05) is 17.2 Å². The molecule has 6 heteroatoms. The number of alkyl halides is 1. The van der Waals surface area contributed by atoms with E-state index >= 15 is 0 Å². The summed E-state index contributed by atoms with van der Waals surface area (Å²) in [6.07, 6.45) is 3.05.